The maximum absolute atomic E-state index is 12.3. The number of anilines is 4. The van der Waals surface area contributed by atoms with E-state index in [1.165, 1.54) is 11.8 Å². The topological polar surface area (TPSA) is 102 Å². The van der Waals surface area contributed by atoms with Gasteiger partial charge in [-0.05, 0) is 63.6 Å². The lowest BCUT2D eigenvalue weighted by atomic mass is 10.1. The fourth-order valence-electron chi connectivity index (χ4n) is 4.35. The van der Waals surface area contributed by atoms with Gasteiger partial charge in [-0.25, -0.2) is 9.97 Å². The number of carbonyl (C=O) groups excluding carboxylic acids is 1. The lowest BCUT2D eigenvalue weighted by Crippen LogP contribution is -2.44. The van der Waals surface area contributed by atoms with Crippen molar-refractivity contribution in [2.24, 2.45) is 0 Å². The van der Waals surface area contributed by atoms with Gasteiger partial charge in [-0.2, -0.15) is 0 Å². The first-order chi connectivity index (χ1) is 18.9. The van der Waals surface area contributed by atoms with E-state index < -0.39 is 0 Å². The quantitative estimate of drug-likeness (QED) is 0.335. The molecule has 4 heterocycles. The highest BCUT2D eigenvalue weighted by Gasteiger charge is 2.15. The number of amides is 1. The Balaban J connectivity index is 1.34. The molecule has 4 aromatic rings. The van der Waals surface area contributed by atoms with Gasteiger partial charge in [0, 0.05) is 79.8 Å². The summed E-state index contributed by atoms with van der Waals surface area (Å²) in [5.41, 5.74) is 4.64. The fourth-order valence-corrected chi connectivity index (χ4v) is 4.35. The molecule has 0 radical (unpaired) electrons. The van der Waals surface area contributed by atoms with Gasteiger partial charge in [-0.15, -0.1) is 0 Å². The predicted molar refractivity (Wildman–Crippen MR) is 156 cm³/mol. The minimum Gasteiger partial charge on any atom is -0.369 e. The van der Waals surface area contributed by atoms with Gasteiger partial charge in [0.05, 0.1) is 5.69 Å². The number of piperazine rings is 1. The van der Waals surface area contributed by atoms with Crippen molar-refractivity contribution in [2.75, 3.05) is 69.4 Å². The van der Waals surface area contributed by atoms with Crippen molar-refractivity contribution in [3.8, 4) is 11.4 Å². The maximum Gasteiger partial charge on any atom is 0.248 e. The summed E-state index contributed by atoms with van der Waals surface area (Å²) in [6, 6.07) is 13.8. The second-order valence-corrected chi connectivity index (χ2v) is 9.84. The molecule has 1 fully saturated rings. The van der Waals surface area contributed by atoms with Crippen LogP contribution in [0, 0.1) is 0 Å². The Morgan fingerprint density at radius 1 is 0.974 bits per heavy atom. The van der Waals surface area contributed by atoms with Crippen LogP contribution in [0.1, 0.15) is 0 Å². The van der Waals surface area contributed by atoms with Crippen molar-refractivity contribution in [3.05, 3.63) is 73.2 Å². The Morgan fingerprint density at radius 2 is 1.74 bits per heavy atom. The summed E-state index contributed by atoms with van der Waals surface area (Å²) >= 11 is 0. The van der Waals surface area contributed by atoms with Crippen LogP contribution in [0.5, 0.6) is 0 Å². The Morgan fingerprint density at radius 3 is 2.51 bits per heavy atom. The van der Waals surface area contributed by atoms with Gasteiger partial charge in [0.1, 0.15) is 11.2 Å². The molecule has 5 rings (SSSR count). The molecule has 10 heteroatoms. The molecule has 0 saturated carbocycles. The number of pyridine rings is 2. The summed E-state index contributed by atoms with van der Waals surface area (Å²) in [6.07, 6.45) is 8.48. The van der Waals surface area contributed by atoms with Crippen LogP contribution < -0.4 is 15.5 Å². The smallest absolute Gasteiger partial charge is 0.248 e. The van der Waals surface area contributed by atoms with Gasteiger partial charge < -0.3 is 25.3 Å². The van der Waals surface area contributed by atoms with E-state index in [2.05, 4.69) is 54.6 Å². The van der Waals surface area contributed by atoms with E-state index in [1.807, 2.05) is 43.3 Å². The maximum atomic E-state index is 12.3. The number of aromatic nitrogens is 4. The first-order valence-electron chi connectivity index (χ1n) is 13.0. The van der Waals surface area contributed by atoms with Crippen LogP contribution in [0.2, 0.25) is 0 Å². The molecule has 3 aromatic heterocycles. The molecule has 0 bridgehead atoms. The van der Waals surface area contributed by atoms with E-state index in [1.54, 1.807) is 30.7 Å². The number of hydrogen-bond donors (Lipinski definition) is 2. The number of nitrogens with one attached hydrogen (secondary N) is 2. The molecule has 2 N–H and O–H groups in total. The first-order valence-corrected chi connectivity index (χ1v) is 13.0. The minimum absolute atomic E-state index is 0.202. The van der Waals surface area contributed by atoms with Gasteiger partial charge in [0.2, 0.25) is 11.9 Å². The van der Waals surface area contributed by atoms with E-state index in [-0.39, 0.29) is 5.91 Å². The van der Waals surface area contributed by atoms with Crippen LogP contribution >= 0.6 is 0 Å². The molecule has 1 amide bonds. The van der Waals surface area contributed by atoms with Crippen LogP contribution in [-0.4, -0.2) is 89.5 Å². The van der Waals surface area contributed by atoms with Crippen molar-refractivity contribution in [1.82, 2.24) is 29.7 Å². The molecular weight excluding hydrogens is 490 g/mol. The van der Waals surface area contributed by atoms with Crippen molar-refractivity contribution >= 4 is 39.8 Å². The number of benzene rings is 1. The van der Waals surface area contributed by atoms with Crippen LogP contribution in [-0.2, 0) is 4.79 Å². The average molecular weight is 524 g/mol. The Labute approximate surface area is 228 Å². The van der Waals surface area contributed by atoms with Crippen molar-refractivity contribution in [1.29, 1.82) is 0 Å². The summed E-state index contributed by atoms with van der Waals surface area (Å²) < 4.78 is 0. The van der Waals surface area contributed by atoms with Gasteiger partial charge >= 0.3 is 0 Å². The summed E-state index contributed by atoms with van der Waals surface area (Å²) in [7, 11) is 6.06. The second kappa shape index (κ2) is 12.0. The highest BCUT2D eigenvalue weighted by Crippen LogP contribution is 2.27. The predicted octanol–water partition coefficient (Wildman–Crippen LogP) is 3.64. The third-order valence-electron chi connectivity index (χ3n) is 6.50. The van der Waals surface area contributed by atoms with Crippen LogP contribution in [0.4, 0.5) is 23.0 Å². The number of likely N-dealkylation sites (N-methyl/N-ethyl adjacent to an activating group) is 2. The summed E-state index contributed by atoms with van der Waals surface area (Å²) in [4.78, 5) is 37.4. The molecule has 1 saturated heterocycles. The third kappa shape index (κ3) is 6.73. The summed E-state index contributed by atoms with van der Waals surface area (Å²) in [5, 5.41) is 7.04. The normalized spacial score (nSPS) is 14.3. The SMILES string of the molecule is CN(C)C/C=C/C(=O)Nc1ccnc(-c2nccc3cnc(Nc4ccc(N5CCN(C)CC5)cc4)nc23)c1. The number of hydrogen-bond acceptors (Lipinski definition) is 9. The molecule has 0 spiro atoms. The zero-order chi connectivity index (χ0) is 27.2. The zero-order valence-electron chi connectivity index (χ0n) is 22.5. The lowest BCUT2D eigenvalue weighted by Gasteiger charge is -2.34. The molecule has 200 valence electrons. The van der Waals surface area contributed by atoms with E-state index in [0.717, 1.165) is 37.3 Å². The molecule has 1 aromatic carbocycles. The molecule has 1 aliphatic rings. The number of carbonyl (C=O) groups is 1. The van der Waals surface area contributed by atoms with E-state index in [4.69, 9.17) is 4.98 Å². The van der Waals surface area contributed by atoms with E-state index >= 15 is 0 Å². The van der Waals surface area contributed by atoms with Gasteiger partial charge in [0.15, 0.2) is 0 Å². The number of fused-ring (bicyclic) bond motifs is 1. The number of rotatable bonds is 8. The van der Waals surface area contributed by atoms with Crippen LogP contribution in [0.3, 0.4) is 0 Å². The highest BCUT2D eigenvalue weighted by atomic mass is 16.1. The van der Waals surface area contributed by atoms with Crippen molar-refractivity contribution in [3.63, 3.8) is 0 Å². The molecule has 0 atom stereocenters. The molecule has 10 nitrogen and oxygen atoms in total. The zero-order valence-corrected chi connectivity index (χ0v) is 22.5. The Kier molecular flexibility index (Phi) is 8.04. The summed E-state index contributed by atoms with van der Waals surface area (Å²) in [6.45, 7) is 4.88. The molecule has 39 heavy (non-hydrogen) atoms. The monoisotopic (exact) mass is 523 g/mol. The first kappa shape index (κ1) is 26.2. The Hall–Kier alpha value is -4.41. The van der Waals surface area contributed by atoms with Gasteiger partial charge in [-0.3, -0.25) is 14.8 Å². The van der Waals surface area contributed by atoms with Crippen molar-refractivity contribution in [2.45, 2.75) is 0 Å². The summed E-state index contributed by atoms with van der Waals surface area (Å²) in [5.74, 6) is 0.270. The molecule has 0 unspecified atom stereocenters. The van der Waals surface area contributed by atoms with Crippen LogP contribution in [0.25, 0.3) is 22.3 Å². The molecule has 1 aliphatic heterocycles. The lowest BCUT2D eigenvalue weighted by molar-refractivity contribution is -0.111. The van der Waals surface area contributed by atoms with Gasteiger partial charge in [-0.1, -0.05) is 6.08 Å². The largest absolute Gasteiger partial charge is 0.369 e. The third-order valence-corrected chi connectivity index (χ3v) is 6.50. The Bertz CT molecular complexity index is 1460. The standard InChI is InChI=1S/C29H33N9O/c1-36(2)14-4-5-26(39)33-23-11-13-30-25(19-23)28-27-21(10-12-31-28)20-32-29(35-27)34-22-6-8-24(9-7-22)38-17-15-37(3)16-18-38/h4-13,19-20H,14-18H2,1-3H3,(H,30,33,39)(H,32,34,35)/b5-4+. The minimum atomic E-state index is -0.202. The van der Waals surface area contributed by atoms with E-state index in [9.17, 15) is 4.79 Å². The molecule has 0 aliphatic carbocycles. The molecular formula is C29H33N9O. The van der Waals surface area contributed by atoms with Crippen LogP contribution in [0.15, 0.2) is 73.2 Å². The number of nitrogens with zero attached hydrogens (tertiary/aromatic N) is 7. The van der Waals surface area contributed by atoms with Gasteiger partial charge in [0.25, 0.3) is 0 Å². The average Bonchev–Trinajstić information content (AvgIpc) is 2.93. The fraction of sp³-hybridized carbons (Fsp3) is 0.276. The highest BCUT2D eigenvalue weighted by molar-refractivity contribution is 6.00. The second-order valence-electron chi connectivity index (χ2n) is 9.84. The van der Waals surface area contributed by atoms with Crippen molar-refractivity contribution < 1.29 is 4.79 Å². The van der Waals surface area contributed by atoms with E-state index in [0.29, 0.717) is 35.1 Å².